The van der Waals surface area contributed by atoms with Gasteiger partial charge in [0.15, 0.2) is 0 Å². The number of nitrogens with one attached hydrogen (secondary N) is 1. The van der Waals surface area contributed by atoms with Gasteiger partial charge >= 0.3 is 6.09 Å². The normalized spacial score (nSPS) is 12.5. The van der Waals surface area contributed by atoms with E-state index < -0.39 is 17.7 Å². The van der Waals surface area contributed by atoms with Crippen LogP contribution in [0.15, 0.2) is 12.3 Å². The molecule has 1 aromatic heterocycles. The topological polar surface area (TPSA) is 95.7 Å². The number of amides is 1. The van der Waals surface area contributed by atoms with Gasteiger partial charge in [0.25, 0.3) is 0 Å². The van der Waals surface area contributed by atoms with Crippen LogP contribution < -0.4 is 20.5 Å². The molecule has 1 amide bonds. The molecule has 7 nitrogen and oxygen atoms in total. The number of rotatable bonds is 5. The van der Waals surface area contributed by atoms with Gasteiger partial charge in [-0.3, -0.25) is 0 Å². The standard InChI is InChI=1S/C14H23N3O4/c1-14(2,3)21-13(18)17-7-10(15)9-6-12(20-5)16-8-11(9)19-4/h6,8,10H,7,15H2,1-5H3,(H,17,18). The molecule has 0 radical (unpaired) electrons. The molecule has 0 spiro atoms. The van der Waals surface area contributed by atoms with Crippen LogP contribution in [0.4, 0.5) is 4.79 Å². The second-order valence-corrected chi connectivity index (χ2v) is 5.46. The first kappa shape index (κ1) is 17.0. The smallest absolute Gasteiger partial charge is 0.407 e. The van der Waals surface area contributed by atoms with Crippen LogP contribution in [0.3, 0.4) is 0 Å². The van der Waals surface area contributed by atoms with E-state index in [2.05, 4.69) is 10.3 Å². The minimum Gasteiger partial charge on any atom is -0.495 e. The minimum atomic E-state index is -0.550. The third-order valence-corrected chi connectivity index (χ3v) is 2.57. The number of ether oxygens (including phenoxy) is 3. The van der Waals surface area contributed by atoms with Crippen LogP contribution >= 0.6 is 0 Å². The molecule has 0 aromatic carbocycles. The molecule has 118 valence electrons. The first-order valence-electron chi connectivity index (χ1n) is 6.57. The van der Waals surface area contributed by atoms with Gasteiger partial charge in [-0.25, -0.2) is 9.78 Å². The Morgan fingerprint density at radius 1 is 1.38 bits per heavy atom. The Bertz CT molecular complexity index is 486. The van der Waals surface area contributed by atoms with Gasteiger partial charge in [-0.05, 0) is 20.8 Å². The Hall–Kier alpha value is -2.02. The van der Waals surface area contributed by atoms with Crippen LogP contribution in [-0.2, 0) is 4.74 Å². The second-order valence-electron chi connectivity index (χ2n) is 5.46. The summed E-state index contributed by atoms with van der Waals surface area (Å²) in [6.07, 6.45) is 1.01. The summed E-state index contributed by atoms with van der Waals surface area (Å²) in [5.74, 6) is 0.966. The van der Waals surface area contributed by atoms with Crippen molar-refractivity contribution in [3.8, 4) is 11.6 Å². The van der Waals surface area contributed by atoms with E-state index in [9.17, 15) is 4.79 Å². The van der Waals surface area contributed by atoms with Crippen LogP contribution in [0.2, 0.25) is 0 Å². The zero-order valence-corrected chi connectivity index (χ0v) is 13.1. The van der Waals surface area contributed by atoms with Crippen LogP contribution in [0.1, 0.15) is 32.4 Å². The Balaban J connectivity index is 2.71. The van der Waals surface area contributed by atoms with Gasteiger partial charge in [0.2, 0.25) is 5.88 Å². The first-order chi connectivity index (χ1) is 9.76. The van der Waals surface area contributed by atoms with Crippen molar-refractivity contribution >= 4 is 6.09 Å². The lowest BCUT2D eigenvalue weighted by Crippen LogP contribution is -2.36. The number of nitrogens with two attached hydrogens (primary N) is 1. The molecule has 0 bridgehead atoms. The van der Waals surface area contributed by atoms with E-state index >= 15 is 0 Å². The maximum Gasteiger partial charge on any atom is 0.407 e. The Morgan fingerprint density at radius 3 is 2.57 bits per heavy atom. The summed E-state index contributed by atoms with van der Waals surface area (Å²) in [6.45, 7) is 5.59. The van der Waals surface area contributed by atoms with E-state index in [1.54, 1.807) is 26.8 Å². The van der Waals surface area contributed by atoms with Gasteiger partial charge in [0, 0.05) is 18.2 Å². The summed E-state index contributed by atoms with van der Waals surface area (Å²) in [4.78, 5) is 15.7. The highest BCUT2D eigenvalue weighted by atomic mass is 16.6. The Labute approximate surface area is 124 Å². The molecule has 1 rings (SSSR count). The van der Waals surface area contributed by atoms with Gasteiger partial charge in [0.1, 0.15) is 11.4 Å². The van der Waals surface area contributed by atoms with Crippen LogP contribution in [0.5, 0.6) is 11.6 Å². The van der Waals surface area contributed by atoms with E-state index in [1.165, 1.54) is 20.4 Å². The monoisotopic (exact) mass is 297 g/mol. The van der Waals surface area contributed by atoms with E-state index in [4.69, 9.17) is 19.9 Å². The molecule has 1 atom stereocenters. The van der Waals surface area contributed by atoms with Crippen molar-refractivity contribution in [2.75, 3.05) is 20.8 Å². The van der Waals surface area contributed by atoms with Gasteiger partial charge in [0.05, 0.1) is 26.5 Å². The van der Waals surface area contributed by atoms with Crippen molar-refractivity contribution in [3.05, 3.63) is 17.8 Å². The minimum absolute atomic E-state index is 0.207. The Kier molecular flexibility index (Phi) is 5.78. The summed E-state index contributed by atoms with van der Waals surface area (Å²) < 4.78 is 15.4. The third kappa shape index (κ3) is 5.47. The molecule has 0 aliphatic carbocycles. The summed E-state index contributed by atoms with van der Waals surface area (Å²) in [5.41, 5.74) is 6.22. The van der Waals surface area contributed by atoms with Crippen molar-refractivity contribution in [2.45, 2.75) is 32.4 Å². The summed E-state index contributed by atoms with van der Waals surface area (Å²) >= 11 is 0. The van der Waals surface area contributed by atoms with Crippen molar-refractivity contribution < 1.29 is 19.0 Å². The fraction of sp³-hybridized carbons (Fsp3) is 0.571. The zero-order chi connectivity index (χ0) is 16.0. The molecule has 0 saturated heterocycles. The Morgan fingerprint density at radius 2 is 2.05 bits per heavy atom. The predicted molar refractivity (Wildman–Crippen MR) is 78.5 cm³/mol. The van der Waals surface area contributed by atoms with Crippen molar-refractivity contribution in [1.82, 2.24) is 10.3 Å². The number of nitrogens with zero attached hydrogens (tertiary/aromatic N) is 1. The average Bonchev–Trinajstić information content (AvgIpc) is 2.42. The lowest BCUT2D eigenvalue weighted by Gasteiger charge is -2.21. The highest BCUT2D eigenvalue weighted by Crippen LogP contribution is 2.25. The largest absolute Gasteiger partial charge is 0.495 e. The molecule has 7 heteroatoms. The molecular formula is C14H23N3O4. The SMILES string of the molecule is COc1cc(C(N)CNC(=O)OC(C)(C)C)c(OC)cn1. The molecule has 0 aliphatic heterocycles. The zero-order valence-electron chi connectivity index (χ0n) is 13.1. The molecule has 3 N–H and O–H groups in total. The van der Waals surface area contributed by atoms with E-state index in [1.807, 2.05) is 0 Å². The van der Waals surface area contributed by atoms with Gasteiger partial charge in [-0.2, -0.15) is 0 Å². The molecule has 1 unspecified atom stereocenters. The molecule has 1 aromatic rings. The third-order valence-electron chi connectivity index (χ3n) is 2.57. The van der Waals surface area contributed by atoms with Gasteiger partial charge < -0.3 is 25.3 Å². The first-order valence-corrected chi connectivity index (χ1v) is 6.57. The van der Waals surface area contributed by atoms with E-state index in [0.717, 1.165) is 0 Å². The summed E-state index contributed by atoms with van der Waals surface area (Å²) in [7, 11) is 3.05. The highest BCUT2D eigenvalue weighted by Gasteiger charge is 2.19. The molecule has 21 heavy (non-hydrogen) atoms. The fourth-order valence-corrected chi connectivity index (χ4v) is 1.63. The summed E-state index contributed by atoms with van der Waals surface area (Å²) in [6, 6.07) is 1.21. The quantitative estimate of drug-likeness (QED) is 0.857. The maximum absolute atomic E-state index is 11.6. The van der Waals surface area contributed by atoms with Gasteiger partial charge in [-0.15, -0.1) is 0 Å². The lowest BCUT2D eigenvalue weighted by atomic mass is 10.1. The molecule has 0 fully saturated rings. The van der Waals surface area contributed by atoms with Crippen LogP contribution in [0, 0.1) is 0 Å². The van der Waals surface area contributed by atoms with Crippen molar-refractivity contribution in [2.24, 2.45) is 5.73 Å². The molecule has 1 heterocycles. The van der Waals surface area contributed by atoms with Crippen molar-refractivity contribution in [1.29, 1.82) is 0 Å². The molecule has 0 saturated carbocycles. The number of methoxy groups -OCH3 is 2. The fourth-order valence-electron chi connectivity index (χ4n) is 1.63. The average molecular weight is 297 g/mol. The molecule has 0 aliphatic rings. The number of hydrogen-bond acceptors (Lipinski definition) is 6. The second kappa shape index (κ2) is 7.12. The lowest BCUT2D eigenvalue weighted by molar-refractivity contribution is 0.0524. The summed E-state index contributed by atoms with van der Waals surface area (Å²) in [5, 5.41) is 2.62. The van der Waals surface area contributed by atoms with E-state index in [0.29, 0.717) is 17.2 Å². The van der Waals surface area contributed by atoms with Crippen molar-refractivity contribution in [3.63, 3.8) is 0 Å². The van der Waals surface area contributed by atoms with Crippen LogP contribution in [-0.4, -0.2) is 37.4 Å². The number of pyridine rings is 1. The maximum atomic E-state index is 11.6. The number of carbonyl (C=O) groups excluding carboxylic acids is 1. The van der Waals surface area contributed by atoms with Gasteiger partial charge in [-0.1, -0.05) is 0 Å². The number of hydrogen-bond donors (Lipinski definition) is 2. The number of aromatic nitrogens is 1. The van der Waals surface area contributed by atoms with E-state index in [-0.39, 0.29) is 6.54 Å². The van der Waals surface area contributed by atoms with Crippen LogP contribution in [0.25, 0.3) is 0 Å². The highest BCUT2D eigenvalue weighted by molar-refractivity contribution is 5.67. The number of alkyl carbamates (subject to hydrolysis) is 1. The molecular weight excluding hydrogens is 274 g/mol. The predicted octanol–water partition coefficient (Wildman–Crippen LogP) is 1.62. The number of carbonyl (C=O) groups is 1.